The minimum absolute atomic E-state index is 0.0280. The maximum Gasteiger partial charge on any atom is 0.397 e. The second-order valence-electron chi connectivity index (χ2n) is 30.8. The van der Waals surface area contributed by atoms with E-state index in [9.17, 15) is 64.7 Å². The standard InChI is InChI=1S/C72H112F8N12O13/c1-11-43(3)60-67(102)86(6)41-57(95)84(4)42-58(96)87(7)52(35-44-23-15-13-16-24-44)65(100)85(5)40-55(93)81-50(28-27-45-33-48(73)59(49(74)34-45)72(78,79)80)64(99)92-39-47(105-12-2)36-51(92)63(98)83-70(29-19-20-30-70)69(104)90(10)61(46-25-17-14-18-26-46)68(103)89(9)53(66(101)91-31-21-22-32-91)37-56(94)88(8)54(62(97)82-60)38-71(75,76)77/h43-54,59-61H,11-42H2,1-10H3,(H,81,93)(H,82,97)(H,83,98)/t43-,45?,47+,48?,49?,50-,51-,52-,53-,54-,59?,60-,61-/m0/s1. The summed E-state index contributed by atoms with van der Waals surface area (Å²) < 4.78 is 123. The molecule has 594 valence electrons. The van der Waals surface area contributed by atoms with Gasteiger partial charge in [-0.25, -0.2) is 8.78 Å². The summed E-state index contributed by atoms with van der Waals surface area (Å²) in [5, 5.41) is 8.04. The topological polar surface area (TPSA) is 279 Å². The van der Waals surface area contributed by atoms with E-state index in [0.29, 0.717) is 69.1 Å². The summed E-state index contributed by atoms with van der Waals surface area (Å²) in [7, 11) is 8.62. The fourth-order valence-electron chi connectivity index (χ4n) is 16.8. The summed E-state index contributed by atoms with van der Waals surface area (Å²) in [6.45, 7) is 2.89. The van der Waals surface area contributed by atoms with E-state index in [1.807, 2.05) is 0 Å². The van der Waals surface area contributed by atoms with Crippen molar-refractivity contribution in [2.75, 3.05) is 95.2 Å². The Morgan fingerprint density at radius 3 is 1.73 bits per heavy atom. The number of nitrogens with zero attached hydrogens (tertiary/aromatic N) is 9. The monoisotopic (exact) mass is 1500 g/mol. The molecule has 0 radical (unpaired) electrons. The Morgan fingerprint density at radius 2 is 1.16 bits per heavy atom. The summed E-state index contributed by atoms with van der Waals surface area (Å²) in [6, 6.07) is -11.4. The maximum atomic E-state index is 15.8. The Kier molecular flexibility index (Phi) is 30.2. The zero-order chi connectivity index (χ0) is 77.7. The Hall–Kier alpha value is -6.96. The quantitative estimate of drug-likeness (QED) is 0.198. The van der Waals surface area contributed by atoms with Gasteiger partial charge in [-0.3, -0.25) is 57.5 Å². The summed E-state index contributed by atoms with van der Waals surface area (Å²) in [4.78, 5) is 188. The molecule has 1 spiro atoms. The largest absolute Gasteiger partial charge is 0.397 e. The molecule has 105 heavy (non-hydrogen) atoms. The molecular formula is C72H112F8N12O13. The molecule has 3 N–H and O–H groups in total. The van der Waals surface area contributed by atoms with Crippen LogP contribution >= 0.6 is 0 Å². The Morgan fingerprint density at radius 1 is 0.590 bits per heavy atom. The first kappa shape index (κ1) is 85.3. The SMILES string of the molecule is CCO[C@@H]1C[C@H]2C(=O)NC3(CCCC3)C(=O)N(C)[C@@H](C3CCCCC3)C(=O)N(C)[C@H](C(=O)N3CCCC3)CC(=O)N(C)[C@@H](CC(F)(F)F)C(=O)N[C@@H]([C@@H](C)CC)C(=O)N(C)CC(=O)N(C)CC(=O)N(C)[C@@H](CC3CCCCC3)C(=O)N(C)CC(=O)N[C@@H](CCC3CC(F)C(C(F)(F)F)C(F)C3)C(=O)N2C1. The van der Waals surface area contributed by atoms with Crippen LogP contribution in [0.3, 0.4) is 0 Å². The minimum Gasteiger partial charge on any atom is -0.377 e. The van der Waals surface area contributed by atoms with Gasteiger partial charge in [0, 0.05) is 82.0 Å². The number of rotatable bonds is 12. The van der Waals surface area contributed by atoms with Crippen molar-refractivity contribution in [2.45, 2.75) is 260 Å². The average Bonchev–Trinajstić information content (AvgIpc) is 1.72. The summed E-state index contributed by atoms with van der Waals surface area (Å²) in [6.07, 6.45) is -12.7. The number of carbonyl (C=O) groups excluding carboxylic acids is 12. The molecule has 7 fully saturated rings. The number of likely N-dealkylation sites (N-methyl/N-ethyl adjacent to an activating group) is 7. The number of amides is 12. The highest BCUT2D eigenvalue weighted by Gasteiger charge is 2.56. The van der Waals surface area contributed by atoms with Crippen molar-refractivity contribution < 1.29 is 97.4 Å². The van der Waals surface area contributed by atoms with Crippen molar-refractivity contribution in [3.8, 4) is 0 Å². The fourth-order valence-corrected chi connectivity index (χ4v) is 16.8. The van der Waals surface area contributed by atoms with Crippen LogP contribution in [0.2, 0.25) is 0 Å². The number of carbonyl (C=O) groups is 12. The van der Waals surface area contributed by atoms with Gasteiger partial charge in [0.2, 0.25) is 70.9 Å². The molecule has 0 aromatic heterocycles. The summed E-state index contributed by atoms with van der Waals surface area (Å²) >= 11 is 0. The smallest absolute Gasteiger partial charge is 0.377 e. The lowest BCUT2D eigenvalue weighted by molar-refractivity contribution is -0.219. The number of hydrogen-bond donors (Lipinski definition) is 3. The van der Waals surface area contributed by atoms with E-state index in [2.05, 4.69) is 16.0 Å². The van der Waals surface area contributed by atoms with Gasteiger partial charge < -0.3 is 64.8 Å². The minimum atomic E-state index is -5.19. The molecule has 3 heterocycles. The fraction of sp³-hybridized carbons (Fsp3) is 0.833. The molecular weight excluding hydrogens is 1390 g/mol. The van der Waals surface area contributed by atoms with Gasteiger partial charge >= 0.3 is 12.4 Å². The molecule has 3 aliphatic heterocycles. The van der Waals surface area contributed by atoms with E-state index in [-0.39, 0.29) is 70.7 Å². The predicted octanol–water partition coefficient (Wildman–Crippen LogP) is 5.69. The lowest BCUT2D eigenvalue weighted by atomic mass is 9.76. The van der Waals surface area contributed by atoms with Crippen molar-refractivity contribution >= 4 is 70.9 Å². The number of nitrogens with one attached hydrogen (secondary N) is 3. The third-order valence-electron chi connectivity index (χ3n) is 23.3. The first-order chi connectivity index (χ1) is 49.3. The Balaban J connectivity index is 1.31. The van der Waals surface area contributed by atoms with Gasteiger partial charge in [0.15, 0.2) is 0 Å². The van der Waals surface area contributed by atoms with E-state index in [1.54, 1.807) is 13.8 Å². The van der Waals surface area contributed by atoms with Crippen LogP contribution in [-0.2, 0) is 62.3 Å². The third-order valence-corrected chi connectivity index (χ3v) is 23.3. The van der Waals surface area contributed by atoms with E-state index in [4.69, 9.17) is 4.74 Å². The maximum absolute atomic E-state index is 15.8. The van der Waals surface area contributed by atoms with Gasteiger partial charge in [0.05, 0.1) is 38.6 Å². The van der Waals surface area contributed by atoms with E-state index in [0.717, 1.165) is 62.1 Å². The van der Waals surface area contributed by atoms with Gasteiger partial charge in [-0.05, 0) is 101 Å². The van der Waals surface area contributed by atoms with Crippen LogP contribution < -0.4 is 16.0 Å². The van der Waals surface area contributed by atoms with Gasteiger partial charge in [0.1, 0.15) is 66.1 Å². The zero-order valence-electron chi connectivity index (χ0n) is 62.6. The van der Waals surface area contributed by atoms with Crippen molar-refractivity contribution in [3.05, 3.63) is 0 Å². The number of halogens is 8. The van der Waals surface area contributed by atoms with Gasteiger partial charge in [-0.2, -0.15) is 26.3 Å². The molecule has 7 aliphatic rings. The zero-order valence-corrected chi connectivity index (χ0v) is 62.6. The number of fused-ring (bicyclic) bond motifs is 1. The van der Waals surface area contributed by atoms with Crippen LogP contribution in [0.1, 0.15) is 181 Å². The highest BCUT2D eigenvalue weighted by Crippen LogP contribution is 2.45. The molecule has 0 aromatic rings. The van der Waals surface area contributed by atoms with Crippen molar-refractivity contribution in [2.24, 2.45) is 29.6 Å². The lowest BCUT2D eigenvalue weighted by Gasteiger charge is -2.43. The number of ether oxygens (including phenoxy) is 1. The second-order valence-corrected chi connectivity index (χ2v) is 30.8. The van der Waals surface area contributed by atoms with Crippen LogP contribution in [0.4, 0.5) is 35.1 Å². The molecule has 33 heteroatoms. The Bertz CT molecular complexity index is 3060. The highest BCUT2D eigenvalue weighted by molar-refractivity contribution is 6.01. The normalized spacial score (nSPS) is 30.7. The highest BCUT2D eigenvalue weighted by atomic mass is 19.4. The number of likely N-dealkylation sites (tertiary alicyclic amines) is 1. The molecule has 4 saturated carbocycles. The van der Waals surface area contributed by atoms with Crippen LogP contribution in [0.25, 0.3) is 0 Å². The molecule has 7 rings (SSSR count). The molecule has 3 saturated heterocycles. The van der Waals surface area contributed by atoms with Gasteiger partial charge in [-0.1, -0.05) is 84.5 Å². The molecule has 25 nitrogen and oxygen atoms in total. The van der Waals surface area contributed by atoms with Crippen LogP contribution in [0.5, 0.6) is 0 Å². The Labute approximate surface area is 610 Å². The number of hydrogen-bond acceptors (Lipinski definition) is 13. The van der Waals surface area contributed by atoms with Gasteiger partial charge in [0.25, 0.3) is 0 Å². The van der Waals surface area contributed by atoms with Crippen LogP contribution in [-0.4, -0.2) is 289 Å². The molecule has 4 aliphatic carbocycles. The van der Waals surface area contributed by atoms with E-state index < -0.39 is 225 Å². The first-order valence-electron chi connectivity index (χ1n) is 37.7. The molecule has 0 aromatic carbocycles. The van der Waals surface area contributed by atoms with Crippen molar-refractivity contribution in [3.63, 3.8) is 0 Å². The predicted molar refractivity (Wildman–Crippen MR) is 367 cm³/mol. The lowest BCUT2D eigenvalue weighted by Crippen LogP contribution is -2.65. The second kappa shape index (κ2) is 37.2. The van der Waals surface area contributed by atoms with Crippen LogP contribution in [0.15, 0.2) is 0 Å². The number of alkyl halides is 8. The third kappa shape index (κ3) is 21.7. The van der Waals surface area contributed by atoms with Crippen molar-refractivity contribution in [1.82, 2.24) is 60.0 Å². The first-order valence-corrected chi connectivity index (χ1v) is 37.7. The van der Waals surface area contributed by atoms with Gasteiger partial charge in [-0.15, -0.1) is 0 Å². The molecule has 0 bridgehead atoms. The van der Waals surface area contributed by atoms with E-state index >= 15 is 28.0 Å². The summed E-state index contributed by atoms with van der Waals surface area (Å²) in [5.74, 6) is -16.3. The molecule has 12 amide bonds. The molecule has 2 unspecified atom stereocenters. The van der Waals surface area contributed by atoms with Crippen LogP contribution in [0, 0.1) is 29.6 Å². The molecule has 11 atom stereocenters. The van der Waals surface area contributed by atoms with E-state index in [1.165, 1.54) is 59.0 Å². The summed E-state index contributed by atoms with van der Waals surface area (Å²) in [5.41, 5.74) is -1.76. The van der Waals surface area contributed by atoms with Crippen molar-refractivity contribution in [1.29, 1.82) is 0 Å². The average molecular weight is 1510 g/mol.